The van der Waals surface area contributed by atoms with Crippen molar-refractivity contribution in [3.05, 3.63) is 0 Å². The Kier molecular flexibility index (Phi) is 8.16. The maximum absolute atomic E-state index is 12.6. The average Bonchev–Trinajstić information content (AvgIpc) is 2.40. The Bertz CT molecular complexity index is 429. The molecule has 140 valence electrons. The highest BCUT2D eigenvalue weighted by Gasteiger charge is 2.26. The lowest BCUT2D eigenvalue weighted by atomic mass is 10.0. The van der Waals surface area contributed by atoms with E-state index in [1.807, 2.05) is 32.6 Å². The fourth-order valence-electron chi connectivity index (χ4n) is 2.84. The normalized spacial score (nSPS) is 19.8. The van der Waals surface area contributed by atoms with Crippen LogP contribution in [0.2, 0.25) is 0 Å². The summed E-state index contributed by atoms with van der Waals surface area (Å²) in [5.74, 6) is 0.535. The van der Waals surface area contributed by atoms with Gasteiger partial charge in [0.05, 0.1) is 0 Å². The number of aliphatic imine (C=N–C) groups is 1. The van der Waals surface area contributed by atoms with Crippen LogP contribution in [0, 0.1) is 5.92 Å². The van der Waals surface area contributed by atoms with E-state index in [9.17, 15) is 4.79 Å². The van der Waals surface area contributed by atoms with Gasteiger partial charge < -0.3 is 15.0 Å². The Balaban J connectivity index is 2.60. The summed E-state index contributed by atoms with van der Waals surface area (Å²) in [6.07, 6.45) is 0.806. The second-order valence-corrected chi connectivity index (χ2v) is 8.12. The third kappa shape index (κ3) is 8.11. The van der Waals surface area contributed by atoms with Gasteiger partial charge in [-0.15, -0.1) is 0 Å². The molecule has 0 radical (unpaired) electrons. The summed E-state index contributed by atoms with van der Waals surface area (Å²) in [4.78, 5) is 19.0. The summed E-state index contributed by atoms with van der Waals surface area (Å²) in [6.45, 7) is 17.2. The molecule has 24 heavy (non-hydrogen) atoms. The summed E-state index contributed by atoms with van der Waals surface area (Å²) in [5, 5.41) is 6.74. The minimum atomic E-state index is -0.477. The fraction of sp³-hybridized carbons (Fsp3) is 0.889. The van der Waals surface area contributed by atoms with E-state index in [1.54, 1.807) is 0 Å². The largest absolute Gasteiger partial charge is 0.444 e. The lowest BCUT2D eigenvalue weighted by Crippen LogP contribution is -2.49. The molecule has 0 saturated heterocycles. The van der Waals surface area contributed by atoms with Crippen LogP contribution in [0.3, 0.4) is 0 Å². The van der Waals surface area contributed by atoms with E-state index >= 15 is 0 Å². The monoisotopic (exact) mass is 340 g/mol. The molecule has 0 aromatic heterocycles. The molecule has 6 nitrogen and oxygen atoms in total. The van der Waals surface area contributed by atoms with Gasteiger partial charge in [-0.2, -0.15) is 0 Å². The number of hydrogen-bond acceptors (Lipinski definition) is 5. The van der Waals surface area contributed by atoms with Crippen molar-refractivity contribution in [2.24, 2.45) is 10.9 Å². The van der Waals surface area contributed by atoms with Gasteiger partial charge in [0, 0.05) is 37.9 Å². The molecule has 2 unspecified atom stereocenters. The topological polar surface area (TPSA) is 66.0 Å². The van der Waals surface area contributed by atoms with E-state index in [4.69, 9.17) is 4.74 Å². The number of carbonyl (C=O) groups is 1. The van der Waals surface area contributed by atoms with Crippen LogP contribution in [0.4, 0.5) is 4.79 Å². The number of ether oxygens (including phenoxy) is 1. The zero-order valence-corrected chi connectivity index (χ0v) is 16.5. The van der Waals surface area contributed by atoms with Crippen LogP contribution < -0.4 is 10.6 Å². The van der Waals surface area contributed by atoms with E-state index in [0.29, 0.717) is 19.0 Å². The molecule has 2 atom stereocenters. The molecule has 1 aliphatic rings. The lowest BCUT2D eigenvalue weighted by molar-refractivity contribution is 0.0159. The van der Waals surface area contributed by atoms with Gasteiger partial charge in [-0.3, -0.25) is 10.3 Å². The van der Waals surface area contributed by atoms with E-state index in [1.165, 1.54) is 0 Å². The van der Waals surface area contributed by atoms with Crippen molar-refractivity contribution < 1.29 is 9.53 Å². The molecule has 0 spiro atoms. The Labute approximate surface area is 147 Å². The first-order chi connectivity index (χ1) is 11.1. The zero-order valence-electron chi connectivity index (χ0n) is 16.5. The highest BCUT2D eigenvalue weighted by atomic mass is 16.6. The van der Waals surface area contributed by atoms with Gasteiger partial charge in [0.15, 0.2) is 0 Å². The first-order valence-corrected chi connectivity index (χ1v) is 9.05. The molecule has 2 N–H and O–H groups in total. The number of amides is 1. The van der Waals surface area contributed by atoms with Gasteiger partial charge in [-0.1, -0.05) is 13.8 Å². The molecule has 1 amide bonds. The van der Waals surface area contributed by atoms with E-state index in [0.717, 1.165) is 25.2 Å². The zero-order chi connectivity index (χ0) is 18.3. The number of carbonyl (C=O) groups excluding carboxylic acids is 1. The van der Waals surface area contributed by atoms with Crippen molar-refractivity contribution >= 4 is 11.8 Å². The number of rotatable bonds is 7. The van der Waals surface area contributed by atoms with Crippen LogP contribution in [0.15, 0.2) is 4.99 Å². The minimum absolute atomic E-state index is 0.0830. The quantitative estimate of drug-likeness (QED) is 0.748. The molecule has 1 aliphatic heterocycles. The summed E-state index contributed by atoms with van der Waals surface area (Å²) < 4.78 is 5.58. The smallest absolute Gasteiger partial charge is 0.410 e. The summed E-state index contributed by atoms with van der Waals surface area (Å²) >= 11 is 0. The Hall–Kier alpha value is -1.14. The third-order valence-electron chi connectivity index (χ3n) is 3.80. The van der Waals surface area contributed by atoms with Gasteiger partial charge >= 0.3 is 6.09 Å². The van der Waals surface area contributed by atoms with Crippen LogP contribution in [-0.2, 0) is 4.74 Å². The summed E-state index contributed by atoms with van der Waals surface area (Å²) in [6, 6.07) is 0.149. The number of hydrogen-bond donors (Lipinski definition) is 2. The van der Waals surface area contributed by atoms with Crippen LogP contribution in [0.25, 0.3) is 0 Å². The van der Waals surface area contributed by atoms with E-state index in [-0.39, 0.29) is 18.3 Å². The maximum atomic E-state index is 12.6. The van der Waals surface area contributed by atoms with Gasteiger partial charge in [0.2, 0.25) is 0 Å². The van der Waals surface area contributed by atoms with Gasteiger partial charge in [0.1, 0.15) is 11.8 Å². The highest BCUT2D eigenvalue weighted by Crippen LogP contribution is 2.16. The molecule has 0 saturated carbocycles. The Morgan fingerprint density at radius 3 is 2.62 bits per heavy atom. The molecule has 1 rings (SSSR count). The molecule has 0 bridgehead atoms. The highest BCUT2D eigenvalue weighted by molar-refractivity contribution is 5.84. The first kappa shape index (κ1) is 20.9. The van der Waals surface area contributed by atoms with Crippen molar-refractivity contribution in [3.8, 4) is 0 Å². The van der Waals surface area contributed by atoms with Crippen molar-refractivity contribution in [1.82, 2.24) is 15.5 Å². The molecule has 0 aromatic rings. The molecule has 0 fully saturated rings. The summed E-state index contributed by atoms with van der Waals surface area (Å²) in [7, 11) is 0. The molecule has 1 heterocycles. The molecule has 6 heteroatoms. The van der Waals surface area contributed by atoms with Gasteiger partial charge in [0.25, 0.3) is 0 Å². The van der Waals surface area contributed by atoms with Crippen LogP contribution in [-0.4, -0.2) is 60.7 Å². The second-order valence-electron chi connectivity index (χ2n) is 8.12. The Morgan fingerprint density at radius 2 is 2.08 bits per heavy atom. The van der Waals surface area contributed by atoms with Crippen LogP contribution in [0.5, 0.6) is 0 Å². The first-order valence-electron chi connectivity index (χ1n) is 9.05. The Morgan fingerprint density at radius 1 is 1.42 bits per heavy atom. The van der Waals surface area contributed by atoms with E-state index < -0.39 is 5.60 Å². The summed E-state index contributed by atoms with van der Waals surface area (Å²) in [5.41, 5.74) is 0.630. The van der Waals surface area contributed by atoms with Crippen molar-refractivity contribution in [2.75, 3.05) is 26.2 Å². The molecule has 0 aromatic carbocycles. The average molecular weight is 341 g/mol. The van der Waals surface area contributed by atoms with Crippen molar-refractivity contribution in [3.63, 3.8) is 0 Å². The number of nitrogens with one attached hydrogen (secondary N) is 2. The maximum Gasteiger partial charge on any atom is 0.410 e. The van der Waals surface area contributed by atoms with Crippen LogP contribution in [0.1, 0.15) is 54.9 Å². The van der Waals surface area contributed by atoms with Crippen LogP contribution >= 0.6 is 0 Å². The van der Waals surface area contributed by atoms with Gasteiger partial charge in [-0.25, -0.2) is 4.79 Å². The lowest BCUT2D eigenvalue weighted by Gasteiger charge is -2.33. The van der Waals surface area contributed by atoms with Crippen molar-refractivity contribution in [2.45, 2.75) is 72.7 Å². The second kappa shape index (κ2) is 9.37. The van der Waals surface area contributed by atoms with E-state index in [2.05, 4.69) is 36.4 Å². The third-order valence-corrected chi connectivity index (χ3v) is 3.80. The standard InChI is InChI=1S/C18H36N4O2/c1-13(2)10-15(4)22(17(23)24-18(5,6)7)9-8-20-16-12-19-11-14(3)21-16/h13,15-16,19-20H,8-12H2,1-7H3. The van der Waals surface area contributed by atoms with Gasteiger partial charge in [-0.05, 0) is 47.0 Å². The SMILES string of the molecule is CC1=NC(NCCN(C(=O)OC(C)(C)C)C(C)CC(C)C)CNC1. The predicted octanol–water partition coefficient (Wildman–Crippen LogP) is 2.64. The predicted molar refractivity (Wildman–Crippen MR) is 99.6 cm³/mol. The molecule has 0 aliphatic carbocycles. The molecular formula is C18H36N4O2. The minimum Gasteiger partial charge on any atom is -0.444 e. The molecular weight excluding hydrogens is 304 g/mol. The fourth-order valence-corrected chi connectivity index (χ4v) is 2.84. The number of nitrogens with zero attached hydrogens (tertiary/aromatic N) is 2. The van der Waals surface area contributed by atoms with Crippen molar-refractivity contribution in [1.29, 1.82) is 0 Å².